The van der Waals surface area contributed by atoms with Gasteiger partial charge in [0.05, 0.1) is 0 Å². The molecular weight excluding hydrogens is 208 g/mol. The Labute approximate surface area is 102 Å². The Morgan fingerprint density at radius 2 is 1.93 bits per heavy atom. The summed E-state index contributed by atoms with van der Waals surface area (Å²) in [5.41, 5.74) is -1.24. The molecule has 0 rings (SSSR count). The van der Waals surface area contributed by atoms with E-state index in [9.17, 15) is 23.1 Å². The fourth-order valence-electron chi connectivity index (χ4n) is 0.921. The van der Waals surface area contributed by atoms with Gasteiger partial charge in [-0.15, -0.1) is 0 Å². The molecule has 0 radical (unpaired) electrons. The second kappa shape index (κ2) is 6.48. The first-order valence-corrected chi connectivity index (χ1v) is 3.77. The van der Waals surface area contributed by atoms with E-state index < -0.39 is 23.6 Å². The van der Waals surface area contributed by atoms with Gasteiger partial charge in [-0.3, -0.25) is 0 Å². The largest absolute Gasteiger partial charge is 1.00 e. The van der Waals surface area contributed by atoms with Crippen LogP contribution in [0.3, 0.4) is 0 Å². The van der Waals surface area contributed by atoms with Gasteiger partial charge in [0, 0.05) is 17.5 Å². The summed E-state index contributed by atoms with van der Waals surface area (Å²) in [7, 11) is 0. The Balaban J connectivity index is 0. The molecular formula is C8H10F3NaO2. The molecule has 14 heavy (non-hydrogen) atoms. The van der Waals surface area contributed by atoms with E-state index in [2.05, 4.69) is 6.58 Å². The topological polar surface area (TPSA) is 40.1 Å². The number of halogens is 3. The molecule has 0 aromatic carbocycles. The third-order valence-electron chi connectivity index (χ3n) is 1.65. The molecule has 0 aliphatic heterocycles. The quantitative estimate of drug-likeness (QED) is 0.416. The molecule has 0 heterocycles. The first-order valence-electron chi connectivity index (χ1n) is 3.77. The van der Waals surface area contributed by atoms with Crippen LogP contribution in [0.5, 0.6) is 0 Å². The Hall–Kier alpha value is -0.000000000000000222. The van der Waals surface area contributed by atoms with E-state index >= 15 is 0 Å². The van der Waals surface area contributed by atoms with E-state index in [0.29, 0.717) is 6.42 Å². The zero-order valence-electron chi connectivity index (χ0n) is 8.15. The van der Waals surface area contributed by atoms with Gasteiger partial charge in [0.1, 0.15) is 0 Å². The number of aliphatic carboxylic acids is 1. The standard InChI is InChI=1S/C8H11F3O2.Na/c1-3-4-6(7(12)13)5(2)8(9,10)11;/h6H,2-4H2,1H3,(H,12,13);/q;+1/p-1. The van der Waals surface area contributed by atoms with Gasteiger partial charge in [0.2, 0.25) is 0 Å². The molecule has 0 spiro atoms. The number of carbonyl (C=O) groups is 1. The van der Waals surface area contributed by atoms with Crippen molar-refractivity contribution in [3.05, 3.63) is 12.2 Å². The van der Waals surface area contributed by atoms with Crippen LogP contribution in [0.4, 0.5) is 13.2 Å². The predicted molar refractivity (Wildman–Crippen MR) is 38.6 cm³/mol. The van der Waals surface area contributed by atoms with E-state index in [0.717, 1.165) is 0 Å². The van der Waals surface area contributed by atoms with Crippen molar-refractivity contribution in [1.29, 1.82) is 0 Å². The molecule has 2 nitrogen and oxygen atoms in total. The van der Waals surface area contributed by atoms with Crippen molar-refractivity contribution in [2.24, 2.45) is 5.92 Å². The molecule has 1 atom stereocenters. The third-order valence-corrected chi connectivity index (χ3v) is 1.65. The van der Waals surface area contributed by atoms with Gasteiger partial charge in [-0.1, -0.05) is 19.9 Å². The van der Waals surface area contributed by atoms with Crippen molar-refractivity contribution in [1.82, 2.24) is 0 Å². The molecule has 0 saturated heterocycles. The molecule has 0 amide bonds. The third kappa shape index (κ3) is 5.02. The van der Waals surface area contributed by atoms with Crippen molar-refractivity contribution < 1.29 is 52.6 Å². The summed E-state index contributed by atoms with van der Waals surface area (Å²) in [5.74, 6) is -3.34. The smallest absolute Gasteiger partial charge is 0.550 e. The van der Waals surface area contributed by atoms with Crippen LogP contribution < -0.4 is 34.7 Å². The molecule has 0 aliphatic rings. The number of alkyl halides is 3. The Morgan fingerprint density at radius 3 is 2.14 bits per heavy atom. The van der Waals surface area contributed by atoms with E-state index in [1.807, 2.05) is 0 Å². The van der Waals surface area contributed by atoms with Gasteiger partial charge in [-0.2, -0.15) is 13.2 Å². The number of rotatable bonds is 4. The maximum Gasteiger partial charge on any atom is 1.00 e. The molecule has 6 heteroatoms. The molecule has 0 aromatic rings. The predicted octanol–water partition coefficient (Wildman–Crippen LogP) is -1.72. The Bertz CT molecular complexity index is 213. The maximum absolute atomic E-state index is 12.0. The number of hydrogen-bond donors (Lipinski definition) is 0. The Kier molecular flexibility index (Phi) is 7.60. The van der Waals surface area contributed by atoms with Crippen molar-refractivity contribution in [2.75, 3.05) is 0 Å². The van der Waals surface area contributed by atoms with Gasteiger partial charge in [0.15, 0.2) is 0 Å². The van der Waals surface area contributed by atoms with Crippen LogP contribution in [-0.4, -0.2) is 12.1 Å². The first-order chi connectivity index (χ1) is 5.80. The normalized spacial score (nSPS) is 12.9. The van der Waals surface area contributed by atoms with Crippen LogP contribution in [0.2, 0.25) is 0 Å². The number of carboxylic acids is 1. The number of hydrogen-bond acceptors (Lipinski definition) is 2. The number of carbonyl (C=O) groups excluding carboxylic acids is 1. The summed E-state index contributed by atoms with van der Waals surface area (Å²) >= 11 is 0. The second-order valence-corrected chi connectivity index (χ2v) is 2.68. The molecule has 0 aromatic heterocycles. The van der Waals surface area contributed by atoms with Crippen LogP contribution in [0, 0.1) is 5.92 Å². The molecule has 0 fully saturated rings. The van der Waals surface area contributed by atoms with Crippen molar-refractivity contribution in [3.8, 4) is 0 Å². The number of carboxylic acid groups (broad SMARTS) is 1. The summed E-state index contributed by atoms with van der Waals surface area (Å²) in [4.78, 5) is 10.3. The van der Waals surface area contributed by atoms with E-state index in [1.165, 1.54) is 0 Å². The second-order valence-electron chi connectivity index (χ2n) is 2.68. The average Bonchev–Trinajstić information content (AvgIpc) is 1.96. The fourth-order valence-corrected chi connectivity index (χ4v) is 0.921. The minimum atomic E-state index is -4.65. The van der Waals surface area contributed by atoms with Crippen LogP contribution in [-0.2, 0) is 4.79 Å². The fraction of sp³-hybridized carbons (Fsp3) is 0.625. The van der Waals surface area contributed by atoms with Crippen molar-refractivity contribution >= 4 is 5.97 Å². The SMILES string of the molecule is C=C(C(CCC)C(=O)[O-])C(F)(F)F.[Na+]. The van der Waals surface area contributed by atoms with Gasteiger partial charge in [0.25, 0.3) is 0 Å². The van der Waals surface area contributed by atoms with Gasteiger partial charge in [-0.05, 0) is 6.42 Å². The van der Waals surface area contributed by atoms with Crippen molar-refractivity contribution in [3.63, 3.8) is 0 Å². The van der Waals surface area contributed by atoms with Gasteiger partial charge >= 0.3 is 35.7 Å². The minimum absolute atomic E-state index is 0. The molecule has 1 unspecified atom stereocenters. The van der Waals surface area contributed by atoms with E-state index in [4.69, 9.17) is 0 Å². The summed E-state index contributed by atoms with van der Waals surface area (Å²) in [6, 6.07) is 0. The van der Waals surface area contributed by atoms with Crippen LogP contribution in [0.25, 0.3) is 0 Å². The minimum Gasteiger partial charge on any atom is -0.550 e. The molecule has 0 N–H and O–H groups in total. The van der Waals surface area contributed by atoms with E-state index in [-0.39, 0.29) is 36.0 Å². The van der Waals surface area contributed by atoms with E-state index in [1.54, 1.807) is 6.92 Å². The summed E-state index contributed by atoms with van der Waals surface area (Å²) in [6.45, 7) is 4.32. The first kappa shape index (κ1) is 16.4. The maximum atomic E-state index is 12.0. The molecule has 0 saturated carbocycles. The van der Waals surface area contributed by atoms with Crippen molar-refractivity contribution in [2.45, 2.75) is 25.9 Å². The Morgan fingerprint density at radius 1 is 1.50 bits per heavy atom. The molecule has 0 aliphatic carbocycles. The van der Waals surface area contributed by atoms with Crippen LogP contribution >= 0.6 is 0 Å². The zero-order valence-corrected chi connectivity index (χ0v) is 10.1. The zero-order chi connectivity index (χ0) is 10.6. The monoisotopic (exact) mass is 218 g/mol. The molecule has 0 bridgehead atoms. The van der Waals surface area contributed by atoms with Gasteiger partial charge in [-0.25, -0.2) is 0 Å². The summed E-state index contributed by atoms with van der Waals surface area (Å²) < 4.78 is 36.0. The van der Waals surface area contributed by atoms with Crippen LogP contribution in [0.15, 0.2) is 12.2 Å². The summed E-state index contributed by atoms with van der Waals surface area (Å²) in [6.07, 6.45) is -4.41. The average molecular weight is 218 g/mol. The van der Waals surface area contributed by atoms with Gasteiger partial charge < -0.3 is 9.90 Å². The summed E-state index contributed by atoms with van der Waals surface area (Å²) in [5, 5.41) is 10.3. The van der Waals surface area contributed by atoms with Crippen LogP contribution in [0.1, 0.15) is 19.8 Å². The molecule has 76 valence electrons.